The van der Waals surface area contributed by atoms with Crippen LogP contribution in [-0.2, 0) is 13.0 Å². The summed E-state index contributed by atoms with van der Waals surface area (Å²) in [6, 6.07) is 14.7. The molecule has 0 unspecified atom stereocenters. The SMILES string of the molecule is CCNC(=NCc1ccnc(N2CCN(C)CC2)c1)NCCc1ccc(-n2cccn2)cc1.I. The van der Waals surface area contributed by atoms with Crippen LogP contribution in [0, 0.1) is 0 Å². The summed E-state index contributed by atoms with van der Waals surface area (Å²) >= 11 is 0. The first-order valence-corrected chi connectivity index (χ1v) is 11.7. The maximum atomic E-state index is 4.79. The Hall–Kier alpha value is -2.66. The minimum atomic E-state index is 0. The molecular weight excluding hydrogens is 539 g/mol. The smallest absolute Gasteiger partial charge is 0.191 e. The Morgan fingerprint density at radius 1 is 1.00 bits per heavy atom. The highest BCUT2D eigenvalue weighted by molar-refractivity contribution is 14.0. The van der Waals surface area contributed by atoms with E-state index in [1.54, 1.807) is 6.20 Å². The van der Waals surface area contributed by atoms with E-state index in [1.807, 2.05) is 29.2 Å². The Balaban J connectivity index is 0.00000324. The van der Waals surface area contributed by atoms with Gasteiger partial charge in [-0.3, -0.25) is 0 Å². The highest BCUT2D eigenvalue weighted by Gasteiger charge is 2.15. The number of hydrogen-bond acceptors (Lipinski definition) is 5. The van der Waals surface area contributed by atoms with Gasteiger partial charge in [0.25, 0.3) is 0 Å². The third-order valence-electron chi connectivity index (χ3n) is 5.81. The average molecular weight is 575 g/mol. The fourth-order valence-corrected chi connectivity index (χ4v) is 3.84. The number of nitrogens with zero attached hydrogens (tertiary/aromatic N) is 6. The summed E-state index contributed by atoms with van der Waals surface area (Å²) in [7, 11) is 2.17. The van der Waals surface area contributed by atoms with Gasteiger partial charge < -0.3 is 20.4 Å². The van der Waals surface area contributed by atoms with Crippen LogP contribution >= 0.6 is 24.0 Å². The van der Waals surface area contributed by atoms with E-state index in [-0.39, 0.29) is 24.0 Å². The highest BCUT2D eigenvalue weighted by atomic mass is 127. The molecule has 182 valence electrons. The second kappa shape index (κ2) is 13.3. The van der Waals surface area contributed by atoms with Crippen molar-refractivity contribution in [1.82, 2.24) is 30.3 Å². The summed E-state index contributed by atoms with van der Waals surface area (Å²) in [5.74, 6) is 1.89. The van der Waals surface area contributed by atoms with Crippen LogP contribution in [0.3, 0.4) is 0 Å². The van der Waals surface area contributed by atoms with Gasteiger partial charge in [-0.2, -0.15) is 5.10 Å². The molecule has 1 aliphatic rings. The van der Waals surface area contributed by atoms with Gasteiger partial charge in [0.05, 0.1) is 12.2 Å². The van der Waals surface area contributed by atoms with Crippen molar-refractivity contribution >= 4 is 35.8 Å². The molecule has 0 radical (unpaired) electrons. The Morgan fingerprint density at radius 3 is 2.50 bits per heavy atom. The lowest BCUT2D eigenvalue weighted by molar-refractivity contribution is 0.312. The Bertz CT molecular complexity index is 1010. The maximum absolute atomic E-state index is 4.79. The van der Waals surface area contributed by atoms with E-state index in [1.165, 1.54) is 11.1 Å². The van der Waals surface area contributed by atoms with Gasteiger partial charge in [-0.1, -0.05) is 12.1 Å². The van der Waals surface area contributed by atoms with Gasteiger partial charge in [-0.15, -0.1) is 24.0 Å². The Morgan fingerprint density at radius 2 is 1.79 bits per heavy atom. The number of halogens is 1. The van der Waals surface area contributed by atoms with Crippen molar-refractivity contribution in [1.29, 1.82) is 0 Å². The predicted octanol–water partition coefficient (Wildman–Crippen LogP) is 2.93. The first-order valence-electron chi connectivity index (χ1n) is 11.7. The van der Waals surface area contributed by atoms with E-state index in [2.05, 4.69) is 74.8 Å². The molecule has 1 fully saturated rings. The maximum Gasteiger partial charge on any atom is 0.191 e. The molecule has 34 heavy (non-hydrogen) atoms. The van der Waals surface area contributed by atoms with Crippen molar-refractivity contribution in [2.75, 3.05) is 51.2 Å². The Labute approximate surface area is 219 Å². The summed E-state index contributed by atoms with van der Waals surface area (Å²) < 4.78 is 1.87. The van der Waals surface area contributed by atoms with Gasteiger partial charge >= 0.3 is 0 Å². The highest BCUT2D eigenvalue weighted by Crippen LogP contribution is 2.15. The van der Waals surface area contributed by atoms with Crippen LogP contribution < -0.4 is 15.5 Å². The molecule has 0 aliphatic carbocycles. The lowest BCUT2D eigenvalue weighted by Gasteiger charge is -2.33. The monoisotopic (exact) mass is 574 g/mol. The molecule has 2 N–H and O–H groups in total. The van der Waals surface area contributed by atoms with Crippen LogP contribution in [0.2, 0.25) is 0 Å². The molecule has 8 nitrogen and oxygen atoms in total. The molecule has 4 rings (SSSR count). The largest absolute Gasteiger partial charge is 0.357 e. The van der Waals surface area contributed by atoms with Crippen molar-refractivity contribution in [2.24, 2.45) is 4.99 Å². The summed E-state index contributed by atoms with van der Waals surface area (Å²) in [6.45, 7) is 8.53. The zero-order chi connectivity index (χ0) is 22.9. The topological polar surface area (TPSA) is 73.6 Å². The van der Waals surface area contributed by atoms with Crippen LogP contribution in [0.4, 0.5) is 5.82 Å². The molecule has 1 aromatic carbocycles. The molecule has 0 amide bonds. The molecule has 1 aliphatic heterocycles. The normalized spacial score (nSPS) is 14.5. The molecule has 9 heteroatoms. The number of piperazine rings is 1. The van der Waals surface area contributed by atoms with Crippen molar-refractivity contribution in [2.45, 2.75) is 19.9 Å². The fourth-order valence-electron chi connectivity index (χ4n) is 3.84. The van der Waals surface area contributed by atoms with E-state index in [0.717, 1.165) is 63.2 Å². The summed E-state index contributed by atoms with van der Waals surface area (Å²) in [6.07, 6.45) is 6.56. The zero-order valence-corrected chi connectivity index (χ0v) is 22.4. The number of benzene rings is 1. The van der Waals surface area contributed by atoms with Gasteiger partial charge in [0, 0.05) is 57.9 Å². The second-order valence-corrected chi connectivity index (χ2v) is 8.30. The first-order chi connectivity index (χ1) is 16.2. The lowest BCUT2D eigenvalue weighted by Crippen LogP contribution is -2.44. The Kier molecular flexibility index (Phi) is 10.1. The van der Waals surface area contributed by atoms with Crippen molar-refractivity contribution in [3.8, 4) is 5.69 Å². The summed E-state index contributed by atoms with van der Waals surface area (Å²) in [5, 5.41) is 11.1. The number of pyridine rings is 1. The second-order valence-electron chi connectivity index (χ2n) is 8.30. The van der Waals surface area contributed by atoms with Gasteiger partial charge in [0.1, 0.15) is 5.82 Å². The van der Waals surface area contributed by atoms with Crippen LogP contribution in [0.5, 0.6) is 0 Å². The molecule has 0 spiro atoms. The zero-order valence-electron chi connectivity index (χ0n) is 20.0. The van der Waals surface area contributed by atoms with Crippen LogP contribution in [0.15, 0.2) is 66.0 Å². The molecule has 0 atom stereocenters. The number of nitrogens with one attached hydrogen (secondary N) is 2. The number of anilines is 1. The molecule has 3 heterocycles. The third-order valence-corrected chi connectivity index (χ3v) is 5.81. The minimum Gasteiger partial charge on any atom is -0.357 e. The van der Waals surface area contributed by atoms with Gasteiger partial charge in [-0.05, 0) is 61.9 Å². The number of likely N-dealkylation sites (N-methyl/N-ethyl adjacent to an activating group) is 1. The van der Waals surface area contributed by atoms with E-state index >= 15 is 0 Å². The molecule has 0 bridgehead atoms. The predicted molar refractivity (Wildman–Crippen MR) is 149 cm³/mol. The van der Waals surface area contributed by atoms with E-state index < -0.39 is 0 Å². The number of rotatable bonds is 8. The average Bonchev–Trinajstić information content (AvgIpc) is 3.39. The number of guanidine groups is 1. The van der Waals surface area contributed by atoms with Gasteiger partial charge in [-0.25, -0.2) is 14.7 Å². The fraction of sp³-hybridized carbons (Fsp3) is 0.400. The molecule has 3 aromatic rings. The van der Waals surface area contributed by atoms with Crippen molar-refractivity contribution < 1.29 is 0 Å². The van der Waals surface area contributed by atoms with Crippen LogP contribution in [0.1, 0.15) is 18.1 Å². The quantitative estimate of drug-likeness (QED) is 0.245. The number of hydrogen-bond donors (Lipinski definition) is 2. The van der Waals surface area contributed by atoms with Gasteiger partial charge in [0.15, 0.2) is 5.96 Å². The van der Waals surface area contributed by atoms with E-state index in [0.29, 0.717) is 6.54 Å². The lowest BCUT2D eigenvalue weighted by atomic mass is 10.1. The molecule has 2 aromatic heterocycles. The summed E-state index contributed by atoms with van der Waals surface area (Å²) in [4.78, 5) is 14.1. The molecule has 1 saturated heterocycles. The molecular formula is C25H35IN8. The van der Waals surface area contributed by atoms with E-state index in [9.17, 15) is 0 Å². The first kappa shape index (κ1) is 26.0. The van der Waals surface area contributed by atoms with Gasteiger partial charge in [0.2, 0.25) is 0 Å². The van der Waals surface area contributed by atoms with Crippen molar-refractivity contribution in [3.63, 3.8) is 0 Å². The standard InChI is InChI=1S/C25H34N8.HI/c1-3-26-25(28-13-9-21-5-7-23(8-6-21)33-14-4-11-30-33)29-20-22-10-12-27-24(19-22)32-17-15-31(2)16-18-32;/h4-8,10-12,14,19H,3,9,13,15-18,20H2,1-2H3,(H2,26,28,29);1H. The van der Waals surface area contributed by atoms with Crippen LogP contribution in [-0.4, -0.2) is 71.9 Å². The van der Waals surface area contributed by atoms with Crippen LogP contribution in [0.25, 0.3) is 5.69 Å². The number of aromatic nitrogens is 3. The van der Waals surface area contributed by atoms with Crippen molar-refractivity contribution in [3.05, 3.63) is 72.2 Å². The summed E-state index contributed by atoms with van der Waals surface area (Å²) in [5.41, 5.74) is 3.52. The number of aliphatic imine (C=N–C) groups is 1. The molecule has 0 saturated carbocycles. The third kappa shape index (κ3) is 7.42. The minimum absolute atomic E-state index is 0. The van der Waals surface area contributed by atoms with E-state index in [4.69, 9.17) is 4.99 Å².